The maximum atomic E-state index is 6.02. The summed E-state index contributed by atoms with van der Waals surface area (Å²) in [7, 11) is 4.19. The smallest absolute Gasteiger partial charge is 0.0576 e. The van der Waals surface area contributed by atoms with E-state index in [0.717, 1.165) is 17.9 Å². The van der Waals surface area contributed by atoms with Crippen molar-refractivity contribution in [3.8, 4) is 0 Å². The lowest BCUT2D eigenvalue weighted by atomic mass is 10.0. The van der Waals surface area contributed by atoms with Gasteiger partial charge in [0.25, 0.3) is 0 Å². The predicted molar refractivity (Wildman–Crippen MR) is 76.4 cm³/mol. The molecule has 0 saturated heterocycles. The number of anilines is 2. The van der Waals surface area contributed by atoms with Gasteiger partial charge in [0.1, 0.15) is 0 Å². The number of nitrogens with one attached hydrogen (secondary N) is 1. The quantitative estimate of drug-likeness (QED) is 0.771. The Hall–Kier alpha value is -1.22. The summed E-state index contributed by atoms with van der Waals surface area (Å²) in [6.45, 7) is 7.52. The first-order chi connectivity index (χ1) is 7.90. The number of benzene rings is 1. The second-order valence-electron chi connectivity index (χ2n) is 5.35. The Morgan fingerprint density at radius 1 is 1.29 bits per heavy atom. The molecule has 96 valence electrons. The van der Waals surface area contributed by atoms with E-state index in [1.54, 1.807) is 0 Å². The zero-order valence-electron chi connectivity index (χ0n) is 11.6. The van der Waals surface area contributed by atoms with Crippen LogP contribution < -0.4 is 11.1 Å². The van der Waals surface area contributed by atoms with Crippen molar-refractivity contribution in [2.45, 2.75) is 26.8 Å². The van der Waals surface area contributed by atoms with Gasteiger partial charge in [-0.2, -0.15) is 0 Å². The average molecular weight is 235 g/mol. The first-order valence-corrected chi connectivity index (χ1v) is 6.17. The first-order valence-electron chi connectivity index (χ1n) is 6.17. The topological polar surface area (TPSA) is 41.3 Å². The normalized spacial score (nSPS) is 13.1. The van der Waals surface area contributed by atoms with Crippen LogP contribution in [0.5, 0.6) is 0 Å². The third kappa shape index (κ3) is 4.27. The van der Waals surface area contributed by atoms with Gasteiger partial charge in [0.2, 0.25) is 0 Å². The van der Waals surface area contributed by atoms with Crippen molar-refractivity contribution in [2.75, 3.05) is 31.7 Å². The van der Waals surface area contributed by atoms with E-state index in [0.29, 0.717) is 12.0 Å². The van der Waals surface area contributed by atoms with E-state index in [9.17, 15) is 0 Å². The van der Waals surface area contributed by atoms with Gasteiger partial charge in [0.15, 0.2) is 0 Å². The van der Waals surface area contributed by atoms with Gasteiger partial charge in [-0.15, -0.1) is 0 Å². The second kappa shape index (κ2) is 5.92. The average Bonchev–Trinajstić information content (AvgIpc) is 2.19. The van der Waals surface area contributed by atoms with Gasteiger partial charge in [0.05, 0.1) is 11.4 Å². The predicted octanol–water partition coefficient (Wildman–Crippen LogP) is 2.58. The number of likely N-dealkylation sites (N-methyl/N-ethyl adjacent to an activating group) is 1. The van der Waals surface area contributed by atoms with Crippen molar-refractivity contribution in [2.24, 2.45) is 5.92 Å². The molecular formula is C14H25N3. The van der Waals surface area contributed by atoms with Crippen molar-refractivity contribution in [1.82, 2.24) is 4.90 Å². The van der Waals surface area contributed by atoms with Crippen LogP contribution in [0.1, 0.15) is 19.4 Å². The minimum atomic E-state index is 0.412. The Morgan fingerprint density at radius 2 is 1.94 bits per heavy atom. The minimum absolute atomic E-state index is 0.412. The van der Waals surface area contributed by atoms with Gasteiger partial charge in [-0.05, 0) is 44.6 Å². The van der Waals surface area contributed by atoms with Crippen LogP contribution >= 0.6 is 0 Å². The van der Waals surface area contributed by atoms with Crippen LogP contribution in [0.2, 0.25) is 0 Å². The van der Waals surface area contributed by atoms with E-state index in [4.69, 9.17) is 5.73 Å². The number of hydrogen-bond donors (Lipinski definition) is 2. The molecule has 0 aliphatic carbocycles. The molecule has 0 heterocycles. The SMILES string of the molecule is Cc1ccc(NC(CN(C)C)C(C)C)c(N)c1. The fraction of sp³-hybridized carbons (Fsp3) is 0.571. The highest BCUT2D eigenvalue weighted by Gasteiger charge is 2.15. The van der Waals surface area contributed by atoms with E-state index >= 15 is 0 Å². The van der Waals surface area contributed by atoms with E-state index in [1.807, 2.05) is 6.07 Å². The fourth-order valence-corrected chi connectivity index (χ4v) is 1.83. The van der Waals surface area contributed by atoms with Crippen LogP contribution in [0.15, 0.2) is 18.2 Å². The molecule has 0 amide bonds. The summed E-state index contributed by atoms with van der Waals surface area (Å²) >= 11 is 0. The molecule has 17 heavy (non-hydrogen) atoms. The number of nitrogens with two attached hydrogens (primary N) is 1. The molecule has 1 rings (SSSR count). The Morgan fingerprint density at radius 3 is 2.41 bits per heavy atom. The van der Waals surface area contributed by atoms with Gasteiger partial charge in [-0.3, -0.25) is 0 Å². The lowest BCUT2D eigenvalue weighted by Gasteiger charge is -2.27. The molecule has 0 aliphatic heterocycles. The van der Waals surface area contributed by atoms with Crippen LogP contribution in [0.25, 0.3) is 0 Å². The molecule has 1 aromatic carbocycles. The summed E-state index contributed by atoms with van der Waals surface area (Å²) < 4.78 is 0. The zero-order valence-corrected chi connectivity index (χ0v) is 11.6. The van der Waals surface area contributed by atoms with Crippen LogP contribution in [0.3, 0.4) is 0 Å². The van der Waals surface area contributed by atoms with Crippen molar-refractivity contribution >= 4 is 11.4 Å². The van der Waals surface area contributed by atoms with E-state index < -0.39 is 0 Å². The Kier molecular flexibility index (Phi) is 4.82. The van der Waals surface area contributed by atoms with Gasteiger partial charge < -0.3 is 16.0 Å². The van der Waals surface area contributed by atoms with Crippen molar-refractivity contribution in [3.05, 3.63) is 23.8 Å². The number of nitrogen functional groups attached to an aromatic ring is 1. The molecule has 3 nitrogen and oxygen atoms in total. The number of hydrogen-bond acceptors (Lipinski definition) is 3. The van der Waals surface area contributed by atoms with Crippen molar-refractivity contribution < 1.29 is 0 Å². The summed E-state index contributed by atoms with van der Waals surface area (Å²) in [4.78, 5) is 2.20. The number of nitrogens with zero attached hydrogens (tertiary/aromatic N) is 1. The molecule has 0 aromatic heterocycles. The zero-order chi connectivity index (χ0) is 13.0. The molecule has 1 atom stereocenters. The minimum Gasteiger partial charge on any atom is -0.397 e. The maximum absolute atomic E-state index is 6.02. The summed E-state index contributed by atoms with van der Waals surface area (Å²) in [5, 5.41) is 3.54. The molecule has 1 aromatic rings. The van der Waals surface area contributed by atoms with Gasteiger partial charge in [0, 0.05) is 12.6 Å². The summed E-state index contributed by atoms with van der Waals surface area (Å²) in [5.41, 5.74) is 9.09. The van der Waals surface area contributed by atoms with Gasteiger partial charge in [-0.25, -0.2) is 0 Å². The van der Waals surface area contributed by atoms with E-state index in [2.05, 4.69) is 57.2 Å². The highest BCUT2D eigenvalue weighted by atomic mass is 15.1. The highest BCUT2D eigenvalue weighted by molar-refractivity contribution is 5.67. The molecule has 1 unspecified atom stereocenters. The van der Waals surface area contributed by atoms with Crippen LogP contribution in [-0.4, -0.2) is 31.6 Å². The van der Waals surface area contributed by atoms with E-state index in [1.165, 1.54) is 5.56 Å². The third-order valence-electron chi connectivity index (χ3n) is 2.91. The molecule has 0 radical (unpaired) electrons. The lowest BCUT2D eigenvalue weighted by molar-refractivity contribution is 0.344. The molecule has 0 fully saturated rings. The molecule has 0 aliphatic rings. The highest BCUT2D eigenvalue weighted by Crippen LogP contribution is 2.22. The van der Waals surface area contributed by atoms with Crippen molar-refractivity contribution in [1.29, 1.82) is 0 Å². The Balaban J connectivity index is 2.78. The summed E-state index contributed by atoms with van der Waals surface area (Å²) in [5.74, 6) is 0.568. The van der Waals surface area contributed by atoms with Crippen LogP contribution in [0.4, 0.5) is 11.4 Å². The van der Waals surface area contributed by atoms with Gasteiger partial charge in [-0.1, -0.05) is 19.9 Å². The summed E-state index contributed by atoms with van der Waals surface area (Å²) in [6.07, 6.45) is 0. The molecule has 0 spiro atoms. The lowest BCUT2D eigenvalue weighted by Crippen LogP contribution is -2.36. The van der Waals surface area contributed by atoms with Crippen molar-refractivity contribution in [3.63, 3.8) is 0 Å². The molecule has 0 saturated carbocycles. The standard InChI is InChI=1S/C14H25N3/c1-10(2)14(9-17(4)5)16-13-7-6-11(3)8-12(13)15/h6-8,10,14,16H,9,15H2,1-5H3. The Labute approximate surface area is 105 Å². The largest absolute Gasteiger partial charge is 0.397 e. The van der Waals surface area contributed by atoms with E-state index in [-0.39, 0.29) is 0 Å². The van der Waals surface area contributed by atoms with Crippen LogP contribution in [-0.2, 0) is 0 Å². The molecular weight excluding hydrogens is 210 g/mol. The Bertz CT molecular complexity index is 358. The number of rotatable bonds is 5. The molecule has 3 N–H and O–H groups in total. The second-order valence-corrected chi connectivity index (χ2v) is 5.35. The third-order valence-corrected chi connectivity index (χ3v) is 2.91. The molecule has 3 heteroatoms. The summed E-state index contributed by atoms with van der Waals surface area (Å²) in [6, 6.07) is 6.58. The fourth-order valence-electron chi connectivity index (χ4n) is 1.83. The monoisotopic (exact) mass is 235 g/mol. The van der Waals surface area contributed by atoms with Gasteiger partial charge >= 0.3 is 0 Å². The molecule has 0 bridgehead atoms. The number of aryl methyl sites for hydroxylation is 1. The first kappa shape index (κ1) is 13.8. The maximum Gasteiger partial charge on any atom is 0.0576 e. The van der Waals surface area contributed by atoms with Crippen LogP contribution in [0, 0.1) is 12.8 Å².